The van der Waals surface area contributed by atoms with Crippen molar-refractivity contribution in [2.45, 2.75) is 488 Å². The molecule has 11 fully saturated rings. The van der Waals surface area contributed by atoms with Crippen LogP contribution in [0.5, 0.6) is 0 Å². The lowest BCUT2D eigenvalue weighted by atomic mass is 9.71. The van der Waals surface area contributed by atoms with Crippen LogP contribution in [0.3, 0.4) is 0 Å². The zero-order chi connectivity index (χ0) is 109. The summed E-state index contributed by atoms with van der Waals surface area (Å²) in [6.07, 6.45) is 61.4. The van der Waals surface area contributed by atoms with Gasteiger partial charge in [-0.05, 0) is 346 Å². The molecular weight excluding hydrogens is 1820 g/mol. The fourth-order valence-corrected chi connectivity index (χ4v) is 21.4. The Morgan fingerprint density at radius 2 is 0.590 bits per heavy atom. The molecule has 0 radical (unpaired) electrons. The highest BCUT2D eigenvalue weighted by molar-refractivity contribution is 5.88. The third kappa shape index (κ3) is 61.8. The highest BCUT2D eigenvalue weighted by Gasteiger charge is 2.39. The molecule has 0 aromatic carbocycles. The largest absolute Gasteiger partial charge is 0.459 e. The monoisotopic (exact) mass is 2020 g/mol. The molecule has 0 aliphatic heterocycles. The van der Waals surface area contributed by atoms with Crippen LogP contribution >= 0.6 is 0 Å². The van der Waals surface area contributed by atoms with Crippen LogP contribution < -0.4 is 0 Å². The van der Waals surface area contributed by atoms with Gasteiger partial charge in [-0.1, -0.05) is 229 Å². The van der Waals surface area contributed by atoms with Crippen molar-refractivity contribution < 1.29 is 105 Å². The first-order chi connectivity index (χ1) is 67.7. The predicted octanol–water partition coefficient (Wildman–Crippen LogP) is 29.5. The number of rotatable bonds is 24. The molecule has 22 heteroatoms. The lowest BCUT2D eigenvalue weighted by Gasteiger charge is -2.38. The maximum Gasteiger partial charge on any atom is 0.333 e. The summed E-state index contributed by atoms with van der Waals surface area (Å²) in [5.74, 6) is 4.35. The number of hydrogen-bond donors (Lipinski definition) is 0. The normalized spacial score (nSPS) is 27.0. The molecule has 22 nitrogen and oxygen atoms in total. The van der Waals surface area contributed by atoms with Crippen LogP contribution in [-0.4, -0.2) is 132 Å². The van der Waals surface area contributed by atoms with Gasteiger partial charge in [0.2, 0.25) is 0 Å². The first kappa shape index (κ1) is 133. The summed E-state index contributed by atoms with van der Waals surface area (Å²) in [5.41, 5.74) is 1.74. The van der Waals surface area contributed by atoms with E-state index in [0.717, 1.165) is 152 Å². The van der Waals surface area contributed by atoms with Gasteiger partial charge in [0, 0.05) is 65.8 Å². The van der Waals surface area contributed by atoms with Gasteiger partial charge < -0.3 is 52.1 Å². The molecule has 144 heavy (non-hydrogen) atoms. The molecule has 11 atom stereocenters. The Hall–Kier alpha value is -8.69. The van der Waals surface area contributed by atoms with Gasteiger partial charge >= 0.3 is 65.7 Å². The van der Waals surface area contributed by atoms with Crippen LogP contribution in [0, 0.1) is 81.3 Å². The first-order valence-electron chi connectivity index (χ1n) is 54.9. The molecule has 11 unspecified atom stereocenters. The van der Waals surface area contributed by atoms with Crippen LogP contribution in [0.2, 0.25) is 0 Å². The third-order valence-corrected chi connectivity index (χ3v) is 29.4. The topological polar surface area (TPSA) is 289 Å². The molecule has 11 rings (SSSR count). The molecule has 0 spiro atoms. The highest BCUT2D eigenvalue weighted by atomic mass is 16.6. The van der Waals surface area contributed by atoms with Crippen molar-refractivity contribution in [2.75, 3.05) is 0 Å². The number of carbonyl (C=O) groups excluding carboxylic acids is 11. The Balaban J connectivity index is 0.000000793. The van der Waals surface area contributed by atoms with Crippen molar-refractivity contribution in [3.63, 3.8) is 0 Å². The Morgan fingerprint density at radius 3 is 0.958 bits per heavy atom. The fourth-order valence-electron chi connectivity index (χ4n) is 21.4. The number of carbonyl (C=O) groups is 11. The van der Waals surface area contributed by atoms with Crippen molar-refractivity contribution in [3.05, 3.63) is 138 Å². The SMILES string of the molecule is C=C(C)C(=O)OC1CC(C)CC(C)(C)C1.C=C(C)C(=O)OC1CCCCC1.C=CC(=O)OC1(C)CCCCC1.C=CC(=O)OC1CC(C)CC(C)(C)C1.C=CC(=O)OC1CC(C)CCC1C(C)C.C=CC(=O)OC1CCC(C(C)(C)C)CC1.C=CC(=O)OC1CCC(C(C)C)CC1.C=CC(=O)OC1CCC(C)CC1.C=CC(=O)OC1CCCC(C)C1.C=CC(=O)OC1CCCCC1.C=CC(=O)OC1CCCCC1C. The maximum absolute atomic E-state index is 11.4. The maximum atomic E-state index is 11.4. The standard InChI is InChI=1S/3C13H22O2.2C12H20O2.5C10H16O2.C9H14O2/c1-9(2)12(14)15-11-6-10(3)7-13(4,5)8-11;1-5-12(14)15-11-8-6-10(7-9-11)13(2,3)4;1-5-13(14)15-12-8-10(4)6-7-11(12)9(2)3;1-5-11(13)14-10-6-9(2)7-12(3,4)8-10;1-4-12(13)14-11-7-5-10(6-8-11)9(2)3;1-8(2)10(11)12-9-6-4-3-5-7-9;1-3-10(11)12-9-6-4-8(2)5-7-9;1-3-10(11)12-9-6-4-5-8(2)7-9;1-3-9(11)12-10(2)7-5-4-6-8-10;1-3-10(11)12-9-7-5-4-6-8(9)2;1-2-9(10)11-8-6-4-3-5-7-8/h10-11H,1,6-8H2,2-5H3;5,10-11H,1,6-9H2,2-4H3;5,9-12H,1,6-8H2,2-4H3;5,9-10H,1,6-8H2,2-4H3;4,9-11H,1,5-8H2,2-3H3;9H,1,3-7H2,2H3;2*3,8-9H,1,4-7H2,2H3;3H,1,4-8H2,2H3;3,8-9H,1,4-7H2,2H3;2,8H,1,3-7H2. The summed E-state index contributed by atoms with van der Waals surface area (Å²) in [5, 5.41) is 0. The summed E-state index contributed by atoms with van der Waals surface area (Å²) in [6, 6.07) is 0. The van der Waals surface area contributed by atoms with Gasteiger partial charge in [-0.15, -0.1) is 0 Å². The van der Waals surface area contributed by atoms with E-state index in [1.807, 2.05) is 6.92 Å². The molecule has 0 saturated heterocycles. The van der Waals surface area contributed by atoms with E-state index in [9.17, 15) is 52.7 Å². The smallest absolute Gasteiger partial charge is 0.333 e. The van der Waals surface area contributed by atoms with Gasteiger partial charge in [-0.2, -0.15) is 0 Å². The van der Waals surface area contributed by atoms with Crippen LogP contribution in [0.1, 0.15) is 421 Å². The van der Waals surface area contributed by atoms with Gasteiger partial charge in [0.05, 0.1) is 0 Å². The van der Waals surface area contributed by atoms with E-state index < -0.39 is 0 Å². The Labute approximate surface area is 872 Å². The molecule has 0 aromatic heterocycles. The molecule has 820 valence electrons. The second-order valence-corrected chi connectivity index (χ2v) is 46.3. The molecule has 0 heterocycles. The van der Waals surface area contributed by atoms with Crippen molar-refractivity contribution in [2.24, 2.45) is 81.3 Å². The van der Waals surface area contributed by atoms with E-state index in [-0.39, 0.29) is 138 Å². The van der Waals surface area contributed by atoms with Crippen molar-refractivity contribution in [1.82, 2.24) is 0 Å². The highest BCUT2D eigenvalue weighted by Crippen LogP contribution is 2.44. The summed E-state index contributed by atoms with van der Waals surface area (Å²) >= 11 is 0. The van der Waals surface area contributed by atoms with Crippen LogP contribution in [0.25, 0.3) is 0 Å². The van der Waals surface area contributed by atoms with Gasteiger partial charge in [-0.3, -0.25) is 0 Å². The minimum Gasteiger partial charge on any atom is -0.459 e. The lowest BCUT2D eigenvalue weighted by molar-refractivity contribution is -0.155. The van der Waals surface area contributed by atoms with E-state index >= 15 is 0 Å². The van der Waals surface area contributed by atoms with Crippen molar-refractivity contribution >= 4 is 65.7 Å². The predicted molar refractivity (Wildman–Crippen MR) is 580 cm³/mol. The number of hydrogen-bond acceptors (Lipinski definition) is 22. The first-order valence-corrected chi connectivity index (χ1v) is 54.9. The molecule has 0 N–H and O–H groups in total. The van der Waals surface area contributed by atoms with E-state index in [1.165, 1.54) is 209 Å². The lowest BCUT2D eigenvalue weighted by Crippen LogP contribution is -2.35. The Morgan fingerprint density at radius 1 is 0.285 bits per heavy atom. The van der Waals surface area contributed by atoms with Crippen LogP contribution in [0.4, 0.5) is 0 Å². The van der Waals surface area contributed by atoms with Gasteiger partial charge in [0.25, 0.3) is 0 Å². The van der Waals surface area contributed by atoms with Crippen molar-refractivity contribution in [1.29, 1.82) is 0 Å². The Bertz CT molecular complexity index is 3880. The zero-order valence-corrected chi connectivity index (χ0v) is 93.7. The zero-order valence-electron chi connectivity index (χ0n) is 93.7. The van der Waals surface area contributed by atoms with Gasteiger partial charge in [0.15, 0.2) is 0 Å². The molecule has 11 aliphatic carbocycles. The minimum atomic E-state index is -0.292. The van der Waals surface area contributed by atoms with E-state index in [4.69, 9.17) is 52.1 Å². The number of ether oxygens (including phenoxy) is 11. The molecule has 0 amide bonds. The van der Waals surface area contributed by atoms with Crippen molar-refractivity contribution in [3.8, 4) is 0 Å². The molecular formula is C122H200O22. The summed E-state index contributed by atoms with van der Waals surface area (Å²) in [6.45, 7) is 81.0. The molecule has 11 aliphatic rings. The summed E-state index contributed by atoms with van der Waals surface area (Å²) in [4.78, 5) is 121. The summed E-state index contributed by atoms with van der Waals surface area (Å²) in [7, 11) is 0. The van der Waals surface area contributed by atoms with Gasteiger partial charge in [-0.25, -0.2) is 52.7 Å². The van der Waals surface area contributed by atoms with Crippen LogP contribution in [0.15, 0.2) is 138 Å². The second kappa shape index (κ2) is 72.6. The average molecular weight is 2020 g/mol. The van der Waals surface area contributed by atoms with Gasteiger partial charge in [0.1, 0.15) is 66.6 Å². The second-order valence-electron chi connectivity index (χ2n) is 46.3. The molecule has 0 bridgehead atoms. The van der Waals surface area contributed by atoms with E-state index in [0.29, 0.717) is 63.4 Å². The summed E-state index contributed by atoms with van der Waals surface area (Å²) < 4.78 is 57.6. The third-order valence-electron chi connectivity index (χ3n) is 29.4. The quantitative estimate of drug-likeness (QED) is 0.0493. The fraction of sp³-hybridized carbons (Fsp3) is 0.730. The molecule has 11 saturated carbocycles. The minimum absolute atomic E-state index is 0.0768. The van der Waals surface area contributed by atoms with Crippen LogP contribution in [-0.2, 0) is 105 Å². The Kier molecular flexibility index (Phi) is 67.2. The van der Waals surface area contributed by atoms with E-state index in [1.54, 1.807) is 13.8 Å². The molecule has 0 aromatic rings. The average Bonchev–Trinajstić information content (AvgIpc) is 0.839. The van der Waals surface area contributed by atoms with E-state index in [2.05, 4.69) is 190 Å². The number of esters is 11.